The van der Waals surface area contributed by atoms with Crippen LogP contribution in [0.4, 0.5) is 0 Å². The summed E-state index contributed by atoms with van der Waals surface area (Å²) in [6.07, 6.45) is 0. The van der Waals surface area contributed by atoms with Gasteiger partial charge in [0.05, 0.1) is 22.0 Å². The van der Waals surface area contributed by atoms with Gasteiger partial charge in [-0.15, -0.1) is 0 Å². The molecule has 1 heterocycles. The number of nitriles is 1. The van der Waals surface area contributed by atoms with Crippen molar-refractivity contribution in [3.8, 4) is 6.07 Å². The van der Waals surface area contributed by atoms with Crippen molar-refractivity contribution >= 4 is 23.2 Å². The molecule has 1 saturated heterocycles. The lowest BCUT2D eigenvalue weighted by atomic mass is 9.90. The Kier molecular flexibility index (Phi) is 4.11. The third-order valence-corrected chi connectivity index (χ3v) is 4.55. The van der Waals surface area contributed by atoms with Crippen molar-refractivity contribution in [3.63, 3.8) is 0 Å². The number of hydrogen-bond donors (Lipinski definition) is 0. The fourth-order valence-corrected chi connectivity index (χ4v) is 2.87. The van der Waals surface area contributed by atoms with Gasteiger partial charge in [-0.05, 0) is 38.5 Å². The van der Waals surface area contributed by atoms with Crippen LogP contribution in [0.2, 0.25) is 10.0 Å². The zero-order valence-corrected chi connectivity index (χ0v) is 13.0. The molecule has 2 nitrogen and oxygen atoms in total. The van der Waals surface area contributed by atoms with E-state index in [2.05, 4.69) is 31.7 Å². The Morgan fingerprint density at radius 1 is 1.21 bits per heavy atom. The highest BCUT2D eigenvalue weighted by Gasteiger charge is 2.38. The van der Waals surface area contributed by atoms with Gasteiger partial charge in [0, 0.05) is 24.5 Å². The second kappa shape index (κ2) is 5.32. The summed E-state index contributed by atoms with van der Waals surface area (Å²) in [5, 5.41) is 10.5. The van der Waals surface area contributed by atoms with E-state index < -0.39 is 0 Å². The first-order valence-corrected chi connectivity index (χ1v) is 7.18. The van der Waals surface area contributed by atoms with Gasteiger partial charge in [-0.1, -0.05) is 29.3 Å². The van der Waals surface area contributed by atoms with E-state index in [1.54, 1.807) is 0 Å². The van der Waals surface area contributed by atoms with Crippen molar-refractivity contribution < 1.29 is 0 Å². The van der Waals surface area contributed by atoms with Gasteiger partial charge in [-0.2, -0.15) is 5.26 Å². The smallest absolute Gasteiger partial charge is 0.0676 e. The fourth-order valence-electron chi connectivity index (χ4n) is 2.56. The number of benzene rings is 1. The first-order valence-electron chi connectivity index (χ1n) is 6.42. The summed E-state index contributed by atoms with van der Waals surface area (Å²) in [4.78, 5) is 2.36. The number of halogens is 2. The minimum atomic E-state index is 0.0106. The molecular formula is C15H18Cl2N2. The van der Waals surface area contributed by atoms with E-state index in [0.29, 0.717) is 10.0 Å². The van der Waals surface area contributed by atoms with Crippen molar-refractivity contribution in [1.29, 1.82) is 5.26 Å². The molecule has 1 aromatic carbocycles. The number of nitrogens with zero attached hydrogens (tertiary/aromatic N) is 2. The van der Waals surface area contributed by atoms with Gasteiger partial charge < -0.3 is 0 Å². The monoisotopic (exact) mass is 296 g/mol. The van der Waals surface area contributed by atoms with Crippen LogP contribution in [0.3, 0.4) is 0 Å². The van der Waals surface area contributed by atoms with E-state index in [0.717, 1.165) is 18.7 Å². The lowest BCUT2D eigenvalue weighted by Crippen LogP contribution is -2.39. The molecule has 102 valence electrons. The van der Waals surface area contributed by atoms with Crippen molar-refractivity contribution in [3.05, 3.63) is 33.8 Å². The molecule has 0 bridgehead atoms. The maximum atomic E-state index is 9.37. The van der Waals surface area contributed by atoms with Crippen molar-refractivity contribution in [1.82, 2.24) is 4.90 Å². The number of likely N-dealkylation sites (tertiary alicyclic amines) is 1. The van der Waals surface area contributed by atoms with Crippen molar-refractivity contribution in [2.45, 2.75) is 32.2 Å². The summed E-state index contributed by atoms with van der Waals surface area (Å²) in [5.74, 6) is 0.218. The number of rotatable bonds is 1. The lowest BCUT2D eigenvalue weighted by molar-refractivity contribution is 0.170. The molecule has 0 amide bonds. The maximum absolute atomic E-state index is 9.37. The van der Waals surface area contributed by atoms with Gasteiger partial charge in [-0.25, -0.2) is 0 Å². The van der Waals surface area contributed by atoms with Gasteiger partial charge in [0.25, 0.3) is 0 Å². The van der Waals surface area contributed by atoms with E-state index >= 15 is 0 Å². The number of hydrogen-bond acceptors (Lipinski definition) is 2. The van der Waals surface area contributed by atoms with Crippen LogP contribution in [0, 0.1) is 17.2 Å². The Balaban J connectivity index is 2.28. The zero-order valence-electron chi connectivity index (χ0n) is 11.5. The maximum Gasteiger partial charge on any atom is 0.0676 e. The van der Waals surface area contributed by atoms with Crippen LogP contribution < -0.4 is 0 Å². The van der Waals surface area contributed by atoms with Gasteiger partial charge >= 0.3 is 0 Å². The minimum Gasteiger partial charge on any atom is -0.297 e. The molecule has 1 aliphatic rings. The second-order valence-corrected chi connectivity index (χ2v) is 6.91. The Labute approximate surface area is 124 Å². The highest BCUT2D eigenvalue weighted by Crippen LogP contribution is 2.37. The molecule has 2 atom stereocenters. The van der Waals surface area contributed by atoms with Crippen LogP contribution in [0.15, 0.2) is 18.2 Å². The van der Waals surface area contributed by atoms with Gasteiger partial charge in [-0.3, -0.25) is 4.90 Å². The summed E-state index contributed by atoms with van der Waals surface area (Å²) >= 11 is 12.0. The van der Waals surface area contributed by atoms with Gasteiger partial charge in [0.15, 0.2) is 0 Å². The average Bonchev–Trinajstić information content (AvgIpc) is 2.76. The molecule has 1 aromatic rings. The molecule has 4 heteroatoms. The fraction of sp³-hybridized carbons (Fsp3) is 0.533. The molecule has 0 N–H and O–H groups in total. The first-order chi connectivity index (χ1) is 8.82. The van der Waals surface area contributed by atoms with Crippen LogP contribution >= 0.6 is 23.2 Å². The standard InChI is InChI=1S/C15H18Cl2N2/c1-15(2,3)19-8-11(7-18)12(9-19)10-4-5-13(16)14(17)6-10/h4-6,11-12H,8-9H2,1-3H3/t11-,12+/m0/s1. The predicted octanol–water partition coefficient (Wildman–Crippen LogP) is 4.33. The van der Waals surface area contributed by atoms with Crippen LogP contribution in [-0.4, -0.2) is 23.5 Å². The molecule has 0 spiro atoms. The van der Waals surface area contributed by atoms with E-state index in [-0.39, 0.29) is 17.4 Å². The summed E-state index contributed by atoms with van der Waals surface area (Å²) in [6, 6.07) is 8.12. The molecule has 0 unspecified atom stereocenters. The van der Waals surface area contributed by atoms with Crippen molar-refractivity contribution in [2.75, 3.05) is 13.1 Å². The quantitative estimate of drug-likeness (QED) is 0.771. The highest BCUT2D eigenvalue weighted by atomic mass is 35.5. The highest BCUT2D eigenvalue weighted by molar-refractivity contribution is 6.42. The third kappa shape index (κ3) is 3.05. The van der Waals surface area contributed by atoms with Gasteiger partial charge in [0.1, 0.15) is 0 Å². The molecule has 1 aliphatic heterocycles. The lowest BCUT2D eigenvalue weighted by Gasteiger charge is -2.31. The molecule has 2 rings (SSSR count). The topological polar surface area (TPSA) is 27.0 Å². The summed E-state index contributed by atoms with van der Waals surface area (Å²) in [7, 11) is 0. The third-order valence-electron chi connectivity index (χ3n) is 3.81. The summed E-state index contributed by atoms with van der Waals surface area (Å²) < 4.78 is 0. The molecule has 0 aliphatic carbocycles. The Morgan fingerprint density at radius 3 is 2.42 bits per heavy atom. The van der Waals surface area contributed by atoms with E-state index in [1.165, 1.54) is 0 Å². The van der Waals surface area contributed by atoms with E-state index in [9.17, 15) is 5.26 Å². The van der Waals surface area contributed by atoms with E-state index in [1.807, 2.05) is 18.2 Å². The Morgan fingerprint density at radius 2 is 1.89 bits per heavy atom. The first kappa shape index (κ1) is 14.7. The molecule has 1 fully saturated rings. The average molecular weight is 297 g/mol. The van der Waals surface area contributed by atoms with Crippen LogP contribution in [0.5, 0.6) is 0 Å². The molecule has 19 heavy (non-hydrogen) atoms. The largest absolute Gasteiger partial charge is 0.297 e. The van der Waals surface area contributed by atoms with Crippen LogP contribution in [0.1, 0.15) is 32.3 Å². The molecule has 0 radical (unpaired) electrons. The summed E-state index contributed by atoms with van der Waals surface area (Å²) in [5.41, 5.74) is 1.19. The SMILES string of the molecule is CC(C)(C)N1C[C@H](c2ccc(Cl)c(Cl)c2)[C@@H](C#N)C1. The minimum absolute atomic E-state index is 0.0106. The second-order valence-electron chi connectivity index (χ2n) is 6.09. The Bertz CT molecular complexity index is 514. The van der Waals surface area contributed by atoms with Gasteiger partial charge in [0.2, 0.25) is 0 Å². The molecule has 0 saturated carbocycles. The van der Waals surface area contributed by atoms with Crippen molar-refractivity contribution in [2.24, 2.45) is 5.92 Å². The molecule has 0 aromatic heterocycles. The Hall–Kier alpha value is -0.750. The van der Waals surface area contributed by atoms with E-state index in [4.69, 9.17) is 23.2 Å². The van der Waals surface area contributed by atoms with Crippen LogP contribution in [-0.2, 0) is 0 Å². The molecular weight excluding hydrogens is 279 g/mol. The zero-order chi connectivity index (χ0) is 14.2. The normalized spacial score (nSPS) is 24.4. The van der Waals surface area contributed by atoms with Crippen LogP contribution in [0.25, 0.3) is 0 Å². The summed E-state index contributed by atoms with van der Waals surface area (Å²) in [6.45, 7) is 8.24. The predicted molar refractivity (Wildman–Crippen MR) is 79.6 cm³/mol.